The van der Waals surface area contributed by atoms with E-state index in [1.165, 1.54) is 13.2 Å². The minimum Gasteiger partial charge on any atom is -0.493 e. The molecular formula is C15H22ClFN2O. The molecule has 20 heavy (non-hydrogen) atoms. The van der Waals surface area contributed by atoms with Crippen molar-refractivity contribution in [2.75, 3.05) is 27.7 Å². The average molecular weight is 301 g/mol. The summed E-state index contributed by atoms with van der Waals surface area (Å²) in [6.07, 6.45) is 2.99. The topological polar surface area (TPSA) is 17.4 Å². The molecule has 0 aliphatic rings. The lowest BCUT2D eigenvalue weighted by Crippen LogP contribution is -2.15. The summed E-state index contributed by atoms with van der Waals surface area (Å²) in [5, 5.41) is 0.909. The lowest BCUT2D eigenvalue weighted by Gasteiger charge is -2.10. The van der Waals surface area contributed by atoms with E-state index in [0.29, 0.717) is 5.75 Å². The first-order valence-corrected chi connectivity index (χ1v) is 6.57. The first-order valence-electron chi connectivity index (χ1n) is 6.57. The van der Waals surface area contributed by atoms with Crippen molar-refractivity contribution in [1.82, 2.24) is 9.47 Å². The number of ether oxygens (including phenoxy) is 1. The Morgan fingerprint density at radius 3 is 2.55 bits per heavy atom. The van der Waals surface area contributed by atoms with Gasteiger partial charge in [0, 0.05) is 24.7 Å². The number of aromatic nitrogens is 1. The number of hydrogen-bond acceptors (Lipinski definition) is 2. The van der Waals surface area contributed by atoms with Gasteiger partial charge in [-0.1, -0.05) is 0 Å². The van der Waals surface area contributed by atoms with Crippen molar-refractivity contribution in [2.45, 2.75) is 19.9 Å². The van der Waals surface area contributed by atoms with Gasteiger partial charge >= 0.3 is 0 Å². The number of rotatable bonds is 5. The van der Waals surface area contributed by atoms with Crippen molar-refractivity contribution in [3.63, 3.8) is 0 Å². The molecule has 1 aromatic heterocycles. The number of aryl methyl sites for hydroxylation is 1. The molecule has 0 atom stereocenters. The van der Waals surface area contributed by atoms with E-state index in [4.69, 9.17) is 4.74 Å². The van der Waals surface area contributed by atoms with Crippen molar-refractivity contribution in [3.05, 3.63) is 29.7 Å². The molecule has 0 saturated heterocycles. The average Bonchev–Trinajstić information content (AvgIpc) is 2.74. The molecule has 0 aliphatic heterocycles. The Morgan fingerprint density at radius 2 is 2.00 bits per heavy atom. The van der Waals surface area contributed by atoms with Crippen molar-refractivity contribution < 1.29 is 9.13 Å². The maximum absolute atomic E-state index is 13.9. The number of hydrogen-bond donors (Lipinski definition) is 0. The van der Waals surface area contributed by atoms with Gasteiger partial charge < -0.3 is 14.2 Å². The quantitative estimate of drug-likeness (QED) is 0.843. The van der Waals surface area contributed by atoms with Crippen LogP contribution in [0.15, 0.2) is 18.3 Å². The van der Waals surface area contributed by atoms with Gasteiger partial charge in [0.1, 0.15) is 0 Å². The van der Waals surface area contributed by atoms with Gasteiger partial charge in [-0.15, -0.1) is 12.4 Å². The molecule has 1 aromatic carbocycles. The Labute approximate surface area is 125 Å². The normalized spacial score (nSPS) is 10.9. The fourth-order valence-corrected chi connectivity index (χ4v) is 2.41. The highest BCUT2D eigenvalue weighted by Gasteiger charge is 2.16. The van der Waals surface area contributed by atoms with E-state index in [2.05, 4.69) is 22.6 Å². The molecule has 2 rings (SSSR count). The summed E-state index contributed by atoms with van der Waals surface area (Å²) in [5.41, 5.74) is 2.18. The maximum atomic E-state index is 13.9. The van der Waals surface area contributed by atoms with Gasteiger partial charge in [-0.3, -0.25) is 0 Å². The molecule has 0 amide bonds. The second-order valence-corrected chi connectivity index (χ2v) is 4.97. The molecular weight excluding hydrogens is 279 g/mol. The van der Waals surface area contributed by atoms with Gasteiger partial charge in [-0.25, -0.2) is 4.39 Å². The predicted molar refractivity (Wildman–Crippen MR) is 83.6 cm³/mol. The molecule has 0 saturated carbocycles. The van der Waals surface area contributed by atoms with E-state index in [-0.39, 0.29) is 18.2 Å². The molecule has 0 unspecified atom stereocenters. The number of halogens is 2. The highest BCUT2D eigenvalue weighted by molar-refractivity contribution is 5.90. The van der Waals surface area contributed by atoms with Crippen LogP contribution >= 0.6 is 12.4 Å². The van der Waals surface area contributed by atoms with Gasteiger partial charge in [0.05, 0.1) is 12.6 Å². The van der Waals surface area contributed by atoms with Crippen LogP contribution in [0.4, 0.5) is 4.39 Å². The standard InChI is InChI=1S/C15H21FN2O.ClH/c1-5-18-10-11(8-9-17(2)3)14-13(18)7-6-12(16)15(14)19-4;/h6-7,10H,5,8-9H2,1-4H3;1H. The Hall–Kier alpha value is -1.26. The lowest BCUT2D eigenvalue weighted by atomic mass is 10.1. The highest BCUT2D eigenvalue weighted by atomic mass is 35.5. The van der Waals surface area contributed by atoms with Crippen LogP contribution < -0.4 is 4.74 Å². The molecule has 1 heterocycles. The third-order valence-corrected chi connectivity index (χ3v) is 3.40. The monoisotopic (exact) mass is 300 g/mol. The van der Waals surface area contributed by atoms with Crippen LogP contribution in [-0.2, 0) is 13.0 Å². The van der Waals surface area contributed by atoms with Crippen LogP contribution in [-0.4, -0.2) is 37.2 Å². The molecule has 0 N–H and O–H groups in total. The van der Waals surface area contributed by atoms with Gasteiger partial charge in [0.15, 0.2) is 11.6 Å². The summed E-state index contributed by atoms with van der Waals surface area (Å²) in [5.74, 6) is 0.0633. The Kier molecular flexibility index (Phi) is 5.84. The third kappa shape index (κ3) is 3.07. The molecule has 0 radical (unpaired) electrons. The highest BCUT2D eigenvalue weighted by Crippen LogP contribution is 2.33. The van der Waals surface area contributed by atoms with E-state index in [1.54, 1.807) is 0 Å². The minimum absolute atomic E-state index is 0. The fraction of sp³-hybridized carbons (Fsp3) is 0.467. The number of benzene rings is 1. The van der Waals surface area contributed by atoms with Crippen molar-refractivity contribution >= 4 is 23.3 Å². The SMILES string of the molecule is CCn1cc(CCN(C)C)c2c(OC)c(F)ccc21.Cl. The molecule has 5 heteroatoms. The van der Waals surface area contributed by atoms with Crippen LogP contribution in [0.5, 0.6) is 5.75 Å². The van der Waals surface area contributed by atoms with Gasteiger partial charge in [-0.2, -0.15) is 0 Å². The van der Waals surface area contributed by atoms with Gasteiger partial charge in [-0.05, 0) is 45.1 Å². The molecule has 2 aromatic rings. The predicted octanol–water partition coefficient (Wildman–Crippen LogP) is 3.33. The van der Waals surface area contributed by atoms with Gasteiger partial charge in [0.25, 0.3) is 0 Å². The number of fused-ring (bicyclic) bond motifs is 1. The fourth-order valence-electron chi connectivity index (χ4n) is 2.41. The summed E-state index contributed by atoms with van der Waals surface area (Å²) >= 11 is 0. The van der Waals surface area contributed by atoms with Crippen LogP contribution in [0.25, 0.3) is 10.9 Å². The zero-order valence-corrected chi connectivity index (χ0v) is 13.3. The van der Waals surface area contributed by atoms with Crippen LogP contribution in [0.2, 0.25) is 0 Å². The molecule has 0 spiro atoms. The number of nitrogens with zero attached hydrogens (tertiary/aromatic N) is 2. The second kappa shape index (κ2) is 6.95. The molecule has 3 nitrogen and oxygen atoms in total. The van der Waals surface area contributed by atoms with Crippen LogP contribution in [0.3, 0.4) is 0 Å². The first-order chi connectivity index (χ1) is 9.08. The van der Waals surface area contributed by atoms with E-state index >= 15 is 0 Å². The zero-order chi connectivity index (χ0) is 14.0. The Balaban J connectivity index is 0.00000200. The summed E-state index contributed by atoms with van der Waals surface area (Å²) in [7, 11) is 5.60. The van der Waals surface area contributed by atoms with Crippen LogP contribution in [0, 0.1) is 5.82 Å². The van der Waals surface area contributed by atoms with E-state index in [1.807, 2.05) is 20.2 Å². The maximum Gasteiger partial charge on any atom is 0.165 e. The first kappa shape index (κ1) is 16.8. The molecule has 112 valence electrons. The third-order valence-electron chi connectivity index (χ3n) is 3.40. The zero-order valence-electron chi connectivity index (χ0n) is 12.4. The van der Waals surface area contributed by atoms with Crippen molar-refractivity contribution in [1.29, 1.82) is 0 Å². The van der Waals surface area contributed by atoms with Crippen molar-refractivity contribution in [3.8, 4) is 5.75 Å². The van der Waals surface area contributed by atoms with Crippen molar-refractivity contribution in [2.24, 2.45) is 0 Å². The summed E-state index contributed by atoms with van der Waals surface area (Å²) < 4.78 is 21.3. The Morgan fingerprint density at radius 1 is 1.30 bits per heavy atom. The lowest BCUT2D eigenvalue weighted by molar-refractivity contribution is 0.391. The summed E-state index contributed by atoms with van der Waals surface area (Å²) in [6, 6.07) is 3.30. The number of methoxy groups -OCH3 is 1. The second-order valence-electron chi connectivity index (χ2n) is 4.97. The molecule has 0 fully saturated rings. The minimum atomic E-state index is -0.296. The Bertz CT molecular complexity index is 581. The summed E-state index contributed by atoms with van der Waals surface area (Å²) in [6.45, 7) is 3.89. The number of likely N-dealkylation sites (N-methyl/N-ethyl adjacent to an activating group) is 1. The van der Waals surface area contributed by atoms with E-state index in [0.717, 1.165) is 36.0 Å². The largest absolute Gasteiger partial charge is 0.493 e. The summed E-state index contributed by atoms with van der Waals surface area (Å²) in [4.78, 5) is 2.13. The van der Waals surface area contributed by atoms with Crippen LogP contribution in [0.1, 0.15) is 12.5 Å². The molecule has 0 bridgehead atoms. The smallest absolute Gasteiger partial charge is 0.165 e. The van der Waals surface area contributed by atoms with Gasteiger partial charge in [0.2, 0.25) is 0 Å². The molecule has 0 aliphatic carbocycles. The van der Waals surface area contributed by atoms with E-state index in [9.17, 15) is 4.39 Å². The van der Waals surface area contributed by atoms with E-state index < -0.39 is 0 Å².